The second kappa shape index (κ2) is 13.3. The zero-order valence-electron chi connectivity index (χ0n) is 27.0. The lowest BCUT2D eigenvalue weighted by Gasteiger charge is -2.29. The van der Waals surface area contributed by atoms with E-state index in [0.717, 1.165) is 5.39 Å². The van der Waals surface area contributed by atoms with Crippen molar-refractivity contribution >= 4 is 41.6 Å². The minimum atomic E-state index is -4.44. The Labute approximate surface area is 271 Å². The Balaban J connectivity index is 1.42. The predicted octanol–water partition coefficient (Wildman–Crippen LogP) is 4.72. The van der Waals surface area contributed by atoms with Crippen molar-refractivity contribution in [2.75, 3.05) is 26.1 Å². The van der Waals surface area contributed by atoms with Gasteiger partial charge >= 0.3 is 13.7 Å². The first-order chi connectivity index (χ1) is 22.2. The number of nitrogens with two attached hydrogens (primary N) is 1. The molecular formula is C31H40FN6O8P. The van der Waals surface area contributed by atoms with Gasteiger partial charge in [-0.05, 0) is 30.2 Å². The second-order valence-electron chi connectivity index (χ2n) is 12.6. The minimum absolute atomic E-state index is 0.0776. The molecule has 254 valence electrons. The molecule has 4 N–H and O–H groups in total. The summed E-state index contributed by atoms with van der Waals surface area (Å²) in [6.07, 6.45) is -3.55. The average Bonchev–Trinajstić information content (AvgIpc) is 3.56. The zero-order valence-corrected chi connectivity index (χ0v) is 27.9. The van der Waals surface area contributed by atoms with Crippen LogP contribution in [0.2, 0.25) is 0 Å². The molecule has 16 heteroatoms. The van der Waals surface area contributed by atoms with Gasteiger partial charge in [0.25, 0.3) is 0 Å². The van der Waals surface area contributed by atoms with E-state index >= 15 is 4.39 Å². The van der Waals surface area contributed by atoms with Crippen LogP contribution >= 0.6 is 7.75 Å². The molecule has 1 fully saturated rings. The van der Waals surface area contributed by atoms with Crippen LogP contribution in [0.3, 0.4) is 0 Å². The summed E-state index contributed by atoms with van der Waals surface area (Å²) < 4.78 is 60.3. The first kappa shape index (κ1) is 34.5. The molecule has 0 amide bonds. The van der Waals surface area contributed by atoms with Crippen LogP contribution in [-0.4, -0.2) is 74.8 Å². The van der Waals surface area contributed by atoms with Crippen LogP contribution in [0, 0.1) is 5.41 Å². The van der Waals surface area contributed by atoms with E-state index in [1.807, 2.05) is 39.0 Å². The normalized spacial score (nSPS) is 23.4. The number of fused-ring (bicyclic) bond motifs is 2. The van der Waals surface area contributed by atoms with Gasteiger partial charge in [-0.1, -0.05) is 64.1 Å². The van der Waals surface area contributed by atoms with E-state index in [2.05, 4.69) is 20.0 Å². The number of alkyl halides is 1. The lowest BCUT2D eigenvalue weighted by molar-refractivity contribution is -0.148. The summed E-state index contributed by atoms with van der Waals surface area (Å²) >= 11 is 0. The molecule has 1 aliphatic heterocycles. The Morgan fingerprint density at radius 2 is 1.96 bits per heavy atom. The zero-order chi connectivity index (χ0) is 34.1. The molecule has 0 spiro atoms. The van der Waals surface area contributed by atoms with E-state index in [1.165, 1.54) is 24.9 Å². The van der Waals surface area contributed by atoms with Gasteiger partial charge in [-0.3, -0.25) is 13.9 Å². The number of rotatable bonds is 12. The molecule has 4 aromatic rings. The number of aliphatic hydroxyl groups is 1. The molecule has 1 saturated heterocycles. The number of imidazole rings is 1. The molecular weight excluding hydrogens is 634 g/mol. The van der Waals surface area contributed by atoms with Gasteiger partial charge in [-0.2, -0.15) is 15.1 Å². The topological polar surface area (TPSA) is 182 Å². The van der Waals surface area contributed by atoms with Gasteiger partial charge in [0.05, 0.1) is 26.7 Å². The molecule has 14 nitrogen and oxygen atoms in total. The first-order valence-electron chi connectivity index (χ1n) is 15.1. The SMILES string of the molecule is CC[C@@]1(O)[C@H](F)[C@@H](COP(=O)(N[C@@H](C)C(=O)OCC(C)(C)C)Oc2cccc3ccccc23)O[C@H]1n1cnc2c(OC)nc(N)nc21. The number of methoxy groups -OCH3 is 1. The highest BCUT2D eigenvalue weighted by Gasteiger charge is 2.57. The maximum atomic E-state index is 16.1. The van der Waals surface area contributed by atoms with Gasteiger partial charge < -0.3 is 29.6 Å². The first-order valence-corrected chi connectivity index (χ1v) is 16.6. The Hall–Kier alpha value is -3.88. The summed E-state index contributed by atoms with van der Waals surface area (Å²) in [4.78, 5) is 25.3. The fraction of sp³-hybridized carbons (Fsp3) is 0.484. The lowest BCUT2D eigenvalue weighted by Crippen LogP contribution is -2.44. The fourth-order valence-electron chi connectivity index (χ4n) is 5.20. The van der Waals surface area contributed by atoms with Crippen molar-refractivity contribution in [1.82, 2.24) is 24.6 Å². The number of nitrogens with zero attached hydrogens (tertiary/aromatic N) is 4. The van der Waals surface area contributed by atoms with Crippen LogP contribution in [0.25, 0.3) is 21.9 Å². The summed E-state index contributed by atoms with van der Waals surface area (Å²) in [5.74, 6) is -0.514. The van der Waals surface area contributed by atoms with E-state index in [0.29, 0.717) is 5.39 Å². The smallest absolute Gasteiger partial charge is 0.459 e. The number of carbonyl (C=O) groups is 1. The van der Waals surface area contributed by atoms with Crippen molar-refractivity contribution in [1.29, 1.82) is 0 Å². The van der Waals surface area contributed by atoms with E-state index in [1.54, 1.807) is 31.2 Å². The fourth-order valence-corrected chi connectivity index (χ4v) is 6.72. The molecule has 0 saturated carbocycles. The molecule has 47 heavy (non-hydrogen) atoms. The van der Waals surface area contributed by atoms with Crippen molar-refractivity contribution < 1.29 is 42.1 Å². The highest BCUT2D eigenvalue weighted by atomic mass is 31.2. The van der Waals surface area contributed by atoms with E-state index < -0.39 is 50.5 Å². The number of halogens is 1. The quantitative estimate of drug-likeness (QED) is 0.139. The summed E-state index contributed by atoms with van der Waals surface area (Å²) in [7, 11) is -3.05. The molecule has 0 aliphatic carbocycles. The highest BCUT2D eigenvalue weighted by molar-refractivity contribution is 7.52. The van der Waals surface area contributed by atoms with E-state index in [-0.39, 0.29) is 47.2 Å². The molecule has 0 bridgehead atoms. The summed E-state index contributed by atoms with van der Waals surface area (Å²) in [6, 6.07) is 11.3. The molecule has 1 aliphatic rings. The molecule has 1 unspecified atom stereocenters. The summed E-state index contributed by atoms with van der Waals surface area (Å²) in [5.41, 5.74) is 3.84. The van der Waals surface area contributed by atoms with Crippen LogP contribution in [0.15, 0.2) is 48.8 Å². The van der Waals surface area contributed by atoms with Gasteiger partial charge in [0.15, 0.2) is 23.6 Å². The number of carbonyl (C=O) groups excluding carboxylic acids is 1. The van der Waals surface area contributed by atoms with Crippen LogP contribution < -0.4 is 20.1 Å². The largest absolute Gasteiger partial charge is 0.479 e. The van der Waals surface area contributed by atoms with Crippen molar-refractivity contribution in [3.63, 3.8) is 0 Å². The number of ether oxygens (including phenoxy) is 3. The molecule has 2 aromatic carbocycles. The van der Waals surface area contributed by atoms with Crippen molar-refractivity contribution in [3.8, 4) is 11.6 Å². The Kier molecular flexibility index (Phi) is 9.76. The third-order valence-corrected chi connectivity index (χ3v) is 9.31. The third kappa shape index (κ3) is 7.19. The van der Waals surface area contributed by atoms with Crippen molar-refractivity contribution in [2.24, 2.45) is 5.41 Å². The summed E-state index contributed by atoms with van der Waals surface area (Å²) in [5, 5.41) is 15.6. The average molecular weight is 675 g/mol. The number of aromatic nitrogens is 4. The molecule has 0 radical (unpaired) electrons. The van der Waals surface area contributed by atoms with Gasteiger partial charge in [0, 0.05) is 5.39 Å². The molecule has 6 atom stereocenters. The van der Waals surface area contributed by atoms with E-state index in [9.17, 15) is 14.5 Å². The Morgan fingerprint density at radius 1 is 1.23 bits per heavy atom. The van der Waals surface area contributed by atoms with Crippen molar-refractivity contribution in [3.05, 3.63) is 48.8 Å². The lowest BCUT2D eigenvalue weighted by atomic mass is 9.92. The number of nitrogens with one attached hydrogen (secondary N) is 1. The van der Waals surface area contributed by atoms with Crippen molar-refractivity contribution in [2.45, 2.75) is 71.2 Å². The van der Waals surface area contributed by atoms with Crippen LogP contribution in [0.5, 0.6) is 11.6 Å². The number of hydrogen-bond acceptors (Lipinski definition) is 12. The number of anilines is 1. The molecule has 2 aromatic heterocycles. The van der Waals surface area contributed by atoms with Gasteiger partial charge in [-0.25, -0.2) is 13.9 Å². The summed E-state index contributed by atoms with van der Waals surface area (Å²) in [6.45, 7) is 8.24. The third-order valence-electron chi connectivity index (χ3n) is 7.68. The second-order valence-corrected chi connectivity index (χ2v) is 14.3. The Bertz CT molecular complexity index is 1800. The van der Waals surface area contributed by atoms with Gasteiger partial charge in [-0.15, -0.1) is 0 Å². The maximum absolute atomic E-state index is 16.1. The van der Waals surface area contributed by atoms with Crippen LogP contribution in [-0.2, 0) is 23.4 Å². The highest BCUT2D eigenvalue weighted by Crippen LogP contribution is 2.49. The number of hydrogen-bond donors (Lipinski definition) is 3. The standard InChI is InChI=1S/C31H40FN6O8P/c1-7-31(40)24(32)22(45-28(31)38-17-34-23-25(38)35-29(33)36-26(23)42-6)15-44-47(41,37-18(2)27(39)43-16-30(3,4)5)46-21-14-10-12-19-11-8-9-13-20(19)21/h8-14,17-18,22,24,28,40H,7,15-16H2,1-6H3,(H,37,41)(H2,33,35,36)/t18-,22+,24+,28+,31+,47?/m0/s1. The molecule has 3 heterocycles. The minimum Gasteiger partial charge on any atom is -0.479 e. The number of nitrogen functional groups attached to an aromatic ring is 1. The van der Waals surface area contributed by atoms with Gasteiger partial charge in [0.1, 0.15) is 23.5 Å². The number of esters is 1. The molecule has 5 rings (SSSR count). The Morgan fingerprint density at radius 3 is 2.66 bits per heavy atom. The maximum Gasteiger partial charge on any atom is 0.459 e. The number of benzene rings is 2. The predicted molar refractivity (Wildman–Crippen MR) is 171 cm³/mol. The monoisotopic (exact) mass is 674 g/mol. The van der Waals surface area contributed by atoms with E-state index in [4.69, 9.17) is 29.0 Å². The van der Waals surface area contributed by atoms with Crippen LogP contribution in [0.1, 0.15) is 47.3 Å². The van der Waals surface area contributed by atoms with Crippen LogP contribution in [0.4, 0.5) is 10.3 Å². The van der Waals surface area contributed by atoms with Gasteiger partial charge in [0.2, 0.25) is 11.8 Å².